The number of hydrogen-bond donors (Lipinski definition) is 2. The van der Waals surface area contributed by atoms with Crippen molar-refractivity contribution < 1.29 is 4.79 Å². The van der Waals surface area contributed by atoms with Crippen LogP contribution in [0.2, 0.25) is 0 Å². The van der Waals surface area contributed by atoms with Gasteiger partial charge in [0.2, 0.25) is 0 Å². The normalized spacial score (nSPS) is 12.6. The van der Waals surface area contributed by atoms with Gasteiger partial charge in [-0.05, 0) is 25.0 Å². The number of rotatable bonds is 3. The molecule has 2 aromatic rings. The number of nitrogen functional groups attached to an aromatic ring is 1. The summed E-state index contributed by atoms with van der Waals surface area (Å²) < 4.78 is 0. The van der Waals surface area contributed by atoms with Crippen molar-refractivity contribution >= 4 is 22.6 Å². The zero-order valence-electron chi connectivity index (χ0n) is 11.5. The van der Waals surface area contributed by atoms with Gasteiger partial charge < -0.3 is 11.1 Å². The molecule has 1 unspecified atom stereocenters. The predicted molar refractivity (Wildman–Crippen MR) is 77.9 cm³/mol. The minimum atomic E-state index is -0.105. The molecule has 1 heterocycles. The summed E-state index contributed by atoms with van der Waals surface area (Å²) in [6.45, 7) is 6.14. The molecule has 0 saturated carbocycles. The van der Waals surface area contributed by atoms with Crippen LogP contribution in [0.15, 0.2) is 30.3 Å². The van der Waals surface area contributed by atoms with Crippen LogP contribution < -0.4 is 11.1 Å². The number of para-hydroxylation sites is 1. The van der Waals surface area contributed by atoms with Gasteiger partial charge in [-0.3, -0.25) is 4.79 Å². The largest absolute Gasteiger partial charge is 0.384 e. The second-order valence-electron chi connectivity index (χ2n) is 5.12. The number of carbonyl (C=O) groups excluding carboxylic acids is 1. The molecular weight excluding hydrogens is 238 g/mol. The first-order chi connectivity index (χ1) is 8.99. The van der Waals surface area contributed by atoms with Crippen molar-refractivity contribution in [2.75, 3.05) is 5.73 Å². The van der Waals surface area contributed by atoms with E-state index in [1.807, 2.05) is 31.2 Å². The minimum absolute atomic E-state index is 0.105. The third-order valence-corrected chi connectivity index (χ3v) is 3.34. The SMILES string of the molecule is CC(C)C(C)NC(=O)c1cc(N)nc2ccccc12. The molecule has 0 aliphatic heterocycles. The summed E-state index contributed by atoms with van der Waals surface area (Å²) in [5.74, 6) is 0.641. The number of pyridine rings is 1. The Morgan fingerprint density at radius 3 is 2.63 bits per heavy atom. The highest BCUT2D eigenvalue weighted by atomic mass is 16.1. The van der Waals surface area contributed by atoms with Gasteiger partial charge in [-0.15, -0.1) is 0 Å². The Balaban J connectivity index is 2.41. The van der Waals surface area contributed by atoms with Crippen LogP contribution in [0, 0.1) is 5.92 Å². The van der Waals surface area contributed by atoms with Gasteiger partial charge in [0, 0.05) is 11.4 Å². The van der Waals surface area contributed by atoms with Crippen molar-refractivity contribution in [1.82, 2.24) is 10.3 Å². The molecule has 0 aliphatic carbocycles. The molecule has 1 aromatic heterocycles. The fraction of sp³-hybridized carbons (Fsp3) is 0.333. The Kier molecular flexibility index (Phi) is 3.69. The Bertz CT molecular complexity index is 607. The van der Waals surface area contributed by atoms with Crippen LogP contribution in [-0.4, -0.2) is 16.9 Å². The van der Waals surface area contributed by atoms with Crippen LogP contribution in [-0.2, 0) is 0 Å². The van der Waals surface area contributed by atoms with E-state index in [0.717, 1.165) is 10.9 Å². The molecule has 1 atom stereocenters. The number of anilines is 1. The molecule has 0 aliphatic rings. The standard InChI is InChI=1S/C15H19N3O/c1-9(2)10(3)17-15(19)12-8-14(16)18-13-7-5-4-6-11(12)13/h4-10H,1-3H3,(H2,16,18)(H,17,19). The fourth-order valence-corrected chi connectivity index (χ4v) is 1.83. The smallest absolute Gasteiger partial charge is 0.252 e. The summed E-state index contributed by atoms with van der Waals surface area (Å²) in [5.41, 5.74) is 7.08. The topological polar surface area (TPSA) is 68.0 Å². The number of amides is 1. The zero-order chi connectivity index (χ0) is 14.0. The number of nitrogens with one attached hydrogen (secondary N) is 1. The van der Waals surface area contributed by atoms with Gasteiger partial charge in [0.1, 0.15) is 5.82 Å². The van der Waals surface area contributed by atoms with Gasteiger partial charge in [-0.25, -0.2) is 4.98 Å². The molecule has 19 heavy (non-hydrogen) atoms. The molecule has 0 spiro atoms. The van der Waals surface area contributed by atoms with Crippen LogP contribution in [0.4, 0.5) is 5.82 Å². The lowest BCUT2D eigenvalue weighted by Crippen LogP contribution is -2.36. The summed E-state index contributed by atoms with van der Waals surface area (Å²) in [5, 5.41) is 3.82. The molecular formula is C15H19N3O. The van der Waals surface area contributed by atoms with Crippen LogP contribution in [0.3, 0.4) is 0 Å². The number of carbonyl (C=O) groups is 1. The Morgan fingerprint density at radius 1 is 1.26 bits per heavy atom. The number of hydrogen-bond acceptors (Lipinski definition) is 3. The van der Waals surface area contributed by atoms with E-state index in [1.165, 1.54) is 0 Å². The number of fused-ring (bicyclic) bond motifs is 1. The van der Waals surface area contributed by atoms with Crippen molar-refractivity contribution in [2.24, 2.45) is 5.92 Å². The van der Waals surface area contributed by atoms with Gasteiger partial charge in [-0.1, -0.05) is 32.0 Å². The van der Waals surface area contributed by atoms with E-state index in [4.69, 9.17) is 5.73 Å². The lowest BCUT2D eigenvalue weighted by Gasteiger charge is -2.18. The van der Waals surface area contributed by atoms with Gasteiger partial charge in [-0.2, -0.15) is 0 Å². The van der Waals surface area contributed by atoms with Crippen molar-refractivity contribution in [3.63, 3.8) is 0 Å². The van der Waals surface area contributed by atoms with E-state index in [0.29, 0.717) is 17.3 Å². The molecule has 0 bridgehead atoms. The number of nitrogens with two attached hydrogens (primary N) is 1. The number of benzene rings is 1. The van der Waals surface area contributed by atoms with Crippen LogP contribution in [0.25, 0.3) is 10.9 Å². The van der Waals surface area contributed by atoms with Crippen molar-refractivity contribution in [1.29, 1.82) is 0 Å². The molecule has 4 heteroatoms. The van der Waals surface area contributed by atoms with Gasteiger partial charge in [0.05, 0.1) is 11.1 Å². The molecule has 0 radical (unpaired) electrons. The molecule has 1 aromatic carbocycles. The monoisotopic (exact) mass is 257 g/mol. The average molecular weight is 257 g/mol. The highest BCUT2D eigenvalue weighted by Crippen LogP contribution is 2.19. The maximum Gasteiger partial charge on any atom is 0.252 e. The molecule has 3 N–H and O–H groups in total. The second kappa shape index (κ2) is 5.26. The number of aromatic nitrogens is 1. The van der Waals surface area contributed by atoms with E-state index in [9.17, 15) is 4.79 Å². The van der Waals surface area contributed by atoms with Crippen LogP contribution >= 0.6 is 0 Å². The quantitative estimate of drug-likeness (QED) is 0.888. The van der Waals surface area contributed by atoms with Crippen molar-refractivity contribution in [2.45, 2.75) is 26.8 Å². The van der Waals surface area contributed by atoms with Crippen LogP contribution in [0.5, 0.6) is 0 Å². The lowest BCUT2D eigenvalue weighted by molar-refractivity contribution is 0.0932. The van der Waals surface area contributed by atoms with E-state index in [1.54, 1.807) is 6.07 Å². The first-order valence-electron chi connectivity index (χ1n) is 6.45. The highest BCUT2D eigenvalue weighted by molar-refractivity contribution is 6.06. The first-order valence-corrected chi connectivity index (χ1v) is 6.45. The second-order valence-corrected chi connectivity index (χ2v) is 5.12. The van der Waals surface area contributed by atoms with E-state index in [-0.39, 0.29) is 11.9 Å². The van der Waals surface area contributed by atoms with Gasteiger partial charge >= 0.3 is 0 Å². The molecule has 1 amide bonds. The summed E-state index contributed by atoms with van der Waals surface area (Å²) >= 11 is 0. The van der Waals surface area contributed by atoms with Gasteiger partial charge in [0.15, 0.2) is 0 Å². The summed E-state index contributed by atoms with van der Waals surface area (Å²) in [6.07, 6.45) is 0. The van der Waals surface area contributed by atoms with Gasteiger partial charge in [0.25, 0.3) is 5.91 Å². The van der Waals surface area contributed by atoms with Crippen LogP contribution in [0.1, 0.15) is 31.1 Å². The highest BCUT2D eigenvalue weighted by Gasteiger charge is 2.15. The molecule has 0 fully saturated rings. The Morgan fingerprint density at radius 2 is 1.95 bits per heavy atom. The van der Waals surface area contributed by atoms with E-state index in [2.05, 4.69) is 24.1 Å². The molecule has 4 nitrogen and oxygen atoms in total. The molecule has 100 valence electrons. The predicted octanol–water partition coefficient (Wildman–Crippen LogP) is 2.59. The maximum absolute atomic E-state index is 12.3. The fourth-order valence-electron chi connectivity index (χ4n) is 1.83. The summed E-state index contributed by atoms with van der Waals surface area (Å²) in [4.78, 5) is 16.6. The van der Waals surface area contributed by atoms with E-state index < -0.39 is 0 Å². The average Bonchev–Trinajstić information content (AvgIpc) is 2.37. The van der Waals surface area contributed by atoms with E-state index >= 15 is 0 Å². The zero-order valence-corrected chi connectivity index (χ0v) is 11.5. The maximum atomic E-state index is 12.3. The molecule has 0 saturated heterocycles. The Labute approximate surface area is 113 Å². The van der Waals surface area contributed by atoms with Crippen molar-refractivity contribution in [3.05, 3.63) is 35.9 Å². The first kappa shape index (κ1) is 13.3. The number of nitrogens with zero attached hydrogens (tertiary/aromatic N) is 1. The van der Waals surface area contributed by atoms with Crippen molar-refractivity contribution in [3.8, 4) is 0 Å². The third kappa shape index (κ3) is 2.84. The third-order valence-electron chi connectivity index (χ3n) is 3.34. The minimum Gasteiger partial charge on any atom is -0.384 e. The summed E-state index contributed by atoms with van der Waals surface area (Å²) in [7, 11) is 0. The lowest BCUT2D eigenvalue weighted by atomic mass is 10.0. The Hall–Kier alpha value is -2.10. The molecule has 2 rings (SSSR count). The summed E-state index contributed by atoms with van der Waals surface area (Å²) in [6, 6.07) is 9.26.